The number of ketones is 1. The summed E-state index contributed by atoms with van der Waals surface area (Å²) in [6.07, 6.45) is 6.98. The molecule has 1 aromatic rings. The van der Waals surface area contributed by atoms with Crippen molar-refractivity contribution in [2.75, 3.05) is 7.11 Å². The molecule has 40 heavy (non-hydrogen) atoms. The van der Waals surface area contributed by atoms with Crippen LogP contribution in [0.15, 0.2) is 46.3 Å². The van der Waals surface area contributed by atoms with Gasteiger partial charge in [-0.2, -0.15) is 0 Å². The third-order valence-corrected chi connectivity index (χ3v) is 10.2. The van der Waals surface area contributed by atoms with Gasteiger partial charge in [0, 0.05) is 40.7 Å². The molecule has 2 bridgehead atoms. The largest absolute Gasteiger partial charge is 0.472 e. The first-order valence-electron chi connectivity index (χ1n) is 14.2. The summed E-state index contributed by atoms with van der Waals surface area (Å²) >= 11 is 0. The Labute approximate surface area is 235 Å². The van der Waals surface area contributed by atoms with E-state index in [1.807, 2.05) is 46.8 Å². The van der Waals surface area contributed by atoms with Gasteiger partial charge in [0.25, 0.3) is 0 Å². The summed E-state index contributed by atoms with van der Waals surface area (Å²) in [6.45, 7) is 11.9. The van der Waals surface area contributed by atoms with E-state index in [1.165, 1.54) is 7.11 Å². The second-order valence-corrected chi connectivity index (χ2v) is 13.4. The Morgan fingerprint density at radius 3 is 2.48 bits per heavy atom. The number of rotatable bonds is 6. The van der Waals surface area contributed by atoms with E-state index < -0.39 is 52.2 Å². The summed E-state index contributed by atoms with van der Waals surface area (Å²) in [5, 5.41) is 0. The van der Waals surface area contributed by atoms with E-state index in [1.54, 1.807) is 18.6 Å². The summed E-state index contributed by atoms with van der Waals surface area (Å²) < 4.78 is 22.4. The number of fused-ring (bicyclic) bond motifs is 6. The summed E-state index contributed by atoms with van der Waals surface area (Å²) in [5.41, 5.74) is 0.379. The molecule has 0 spiro atoms. The highest BCUT2D eigenvalue weighted by molar-refractivity contribution is 5.95. The maximum Gasteiger partial charge on any atom is 0.331 e. The van der Waals surface area contributed by atoms with Crippen molar-refractivity contribution < 1.29 is 37.8 Å². The van der Waals surface area contributed by atoms with Crippen LogP contribution in [0.1, 0.15) is 78.9 Å². The third kappa shape index (κ3) is 4.17. The number of methoxy groups -OCH3 is 1. The van der Waals surface area contributed by atoms with Crippen LogP contribution in [-0.4, -0.2) is 36.9 Å². The fraction of sp³-hybridized carbons (Fsp3) is 0.625. The van der Waals surface area contributed by atoms with Crippen molar-refractivity contribution in [3.8, 4) is 0 Å². The van der Waals surface area contributed by atoms with Crippen LogP contribution in [0.25, 0.3) is 0 Å². The molecule has 0 radical (unpaired) electrons. The van der Waals surface area contributed by atoms with Gasteiger partial charge in [-0.3, -0.25) is 14.4 Å². The number of ether oxygens (including phenoxy) is 3. The van der Waals surface area contributed by atoms with Gasteiger partial charge in [-0.25, -0.2) is 4.79 Å². The molecule has 0 N–H and O–H groups in total. The molecule has 2 heterocycles. The first kappa shape index (κ1) is 28.4. The normalized spacial score (nSPS) is 36.0. The van der Waals surface area contributed by atoms with E-state index in [-0.39, 0.29) is 36.4 Å². The van der Waals surface area contributed by atoms with Gasteiger partial charge in [-0.1, -0.05) is 47.6 Å². The molecule has 2 fully saturated rings. The Balaban J connectivity index is 1.66. The minimum atomic E-state index is -0.929. The van der Waals surface area contributed by atoms with Crippen LogP contribution in [-0.2, 0) is 33.4 Å². The number of furan rings is 1. The Bertz CT molecular complexity index is 1280. The molecule has 2 saturated carbocycles. The maximum atomic E-state index is 14.4. The lowest BCUT2D eigenvalue weighted by atomic mass is 9.41. The molecular formula is C32H40O8. The topological polar surface area (TPSA) is 109 Å². The van der Waals surface area contributed by atoms with E-state index in [9.17, 15) is 19.2 Å². The number of cyclic esters (lactones) is 1. The molecule has 0 unspecified atom stereocenters. The fourth-order valence-electron chi connectivity index (χ4n) is 8.21. The van der Waals surface area contributed by atoms with E-state index in [0.717, 1.165) is 16.7 Å². The summed E-state index contributed by atoms with van der Waals surface area (Å²) in [6, 6.07) is 1.81. The highest BCUT2D eigenvalue weighted by Crippen LogP contribution is 2.67. The molecule has 1 aromatic heterocycles. The van der Waals surface area contributed by atoms with Crippen molar-refractivity contribution in [2.45, 2.75) is 79.4 Å². The number of hydrogen-bond acceptors (Lipinski definition) is 8. The van der Waals surface area contributed by atoms with Crippen molar-refractivity contribution in [2.24, 2.45) is 39.9 Å². The van der Waals surface area contributed by atoms with Crippen molar-refractivity contribution in [3.05, 3.63) is 47.5 Å². The van der Waals surface area contributed by atoms with Gasteiger partial charge in [0.15, 0.2) is 0 Å². The number of Topliss-reactive ketones (excluding diaryl/α,β-unsaturated/α-hetero) is 1. The molecule has 8 nitrogen and oxygen atoms in total. The van der Waals surface area contributed by atoms with Crippen molar-refractivity contribution in [1.82, 2.24) is 0 Å². The van der Waals surface area contributed by atoms with Crippen molar-refractivity contribution in [1.29, 1.82) is 0 Å². The van der Waals surface area contributed by atoms with Crippen LogP contribution in [0.3, 0.4) is 0 Å². The molecule has 1 aliphatic heterocycles. The number of carbonyl (C=O) groups is 4. The van der Waals surface area contributed by atoms with E-state index >= 15 is 0 Å². The maximum absolute atomic E-state index is 14.4. The molecule has 5 rings (SSSR count). The zero-order chi connectivity index (χ0) is 29.2. The van der Waals surface area contributed by atoms with Gasteiger partial charge >= 0.3 is 17.9 Å². The van der Waals surface area contributed by atoms with Gasteiger partial charge in [0.2, 0.25) is 0 Å². The van der Waals surface area contributed by atoms with Gasteiger partial charge < -0.3 is 18.6 Å². The van der Waals surface area contributed by atoms with Crippen LogP contribution in [0.2, 0.25) is 0 Å². The van der Waals surface area contributed by atoms with Crippen molar-refractivity contribution in [3.63, 3.8) is 0 Å². The van der Waals surface area contributed by atoms with Crippen molar-refractivity contribution >= 4 is 23.7 Å². The first-order valence-corrected chi connectivity index (χ1v) is 14.2. The second kappa shape index (κ2) is 9.74. The minimum Gasteiger partial charge on any atom is -0.472 e. The van der Waals surface area contributed by atoms with Gasteiger partial charge in [-0.15, -0.1) is 0 Å². The minimum absolute atomic E-state index is 0.0224. The smallest absolute Gasteiger partial charge is 0.331 e. The predicted octanol–water partition coefficient (Wildman–Crippen LogP) is 5.53. The zero-order valence-corrected chi connectivity index (χ0v) is 24.4. The highest BCUT2D eigenvalue weighted by atomic mass is 16.6. The van der Waals surface area contributed by atoms with E-state index in [0.29, 0.717) is 12.8 Å². The lowest BCUT2D eigenvalue weighted by molar-refractivity contribution is -0.192. The van der Waals surface area contributed by atoms with Gasteiger partial charge in [0.1, 0.15) is 18.0 Å². The molecule has 3 aliphatic carbocycles. The molecule has 7 atom stereocenters. The third-order valence-electron chi connectivity index (χ3n) is 10.2. The standard InChI is InChI=1S/C32H40O8/c1-17(2)12-25(34)40-29-20-13-19-21(32(6,27(20)36)23(30(29,3)4)15-24(33)37-7)8-10-31(5)22(19)14-26(35)39-28(31)18-9-11-38-16-18/h9,11,13-14,16-17,20-21,23,28-29H,8,10,12,15H2,1-7H3/t20-,21+,23+,28+,29-,31-,32-/m1/s1. The molecule has 4 aliphatic rings. The average molecular weight is 553 g/mol. The first-order chi connectivity index (χ1) is 18.7. The SMILES string of the molecule is COC(=O)C[C@H]1C(C)(C)[C@H](OC(=O)CC(C)C)[C@@H]2C=C3C4=CC(=O)O[C@@H](c5ccoc5)[C@]4(C)CC[C@@H]3[C@@]1(C)C2=O. The Hall–Kier alpha value is -3.16. The monoisotopic (exact) mass is 552 g/mol. The number of esters is 3. The number of allylic oxidation sites excluding steroid dienone is 1. The second-order valence-electron chi connectivity index (χ2n) is 13.4. The van der Waals surface area contributed by atoms with Crippen LogP contribution in [0.5, 0.6) is 0 Å². The molecular weight excluding hydrogens is 512 g/mol. The number of hydrogen-bond donors (Lipinski definition) is 0. The van der Waals surface area contributed by atoms with Gasteiger partial charge in [-0.05, 0) is 47.8 Å². The Kier molecular flexibility index (Phi) is 6.91. The lowest BCUT2D eigenvalue weighted by Crippen LogP contribution is -2.66. The summed E-state index contributed by atoms with van der Waals surface area (Å²) in [7, 11) is 1.35. The van der Waals surface area contributed by atoms with Gasteiger partial charge in [0.05, 0.1) is 25.6 Å². The molecule has 0 aromatic carbocycles. The summed E-state index contributed by atoms with van der Waals surface area (Å²) in [4.78, 5) is 53.1. The van der Waals surface area contributed by atoms with E-state index in [4.69, 9.17) is 18.6 Å². The van der Waals surface area contributed by atoms with Crippen LogP contribution in [0.4, 0.5) is 0 Å². The average Bonchev–Trinajstić information content (AvgIpc) is 3.41. The van der Waals surface area contributed by atoms with Crippen LogP contribution in [0, 0.1) is 39.9 Å². The van der Waals surface area contributed by atoms with Crippen LogP contribution >= 0.6 is 0 Å². The summed E-state index contributed by atoms with van der Waals surface area (Å²) in [5.74, 6) is -2.52. The van der Waals surface area contributed by atoms with Crippen LogP contribution < -0.4 is 0 Å². The predicted molar refractivity (Wildman–Crippen MR) is 144 cm³/mol. The lowest BCUT2D eigenvalue weighted by Gasteiger charge is -2.62. The zero-order valence-electron chi connectivity index (χ0n) is 24.4. The van der Waals surface area contributed by atoms with E-state index in [2.05, 4.69) is 6.92 Å². The molecule has 0 amide bonds. The highest BCUT2D eigenvalue weighted by Gasteiger charge is 2.68. The molecule has 216 valence electrons. The Morgan fingerprint density at radius 1 is 1.12 bits per heavy atom. The molecule has 8 heteroatoms. The molecule has 0 saturated heterocycles. The quantitative estimate of drug-likeness (QED) is 0.335. The Morgan fingerprint density at radius 2 is 1.85 bits per heavy atom. The fourth-order valence-corrected chi connectivity index (χ4v) is 8.21. The number of carbonyl (C=O) groups excluding carboxylic acids is 4.